The monoisotopic (exact) mass is 269 g/mol. The molecule has 0 saturated carbocycles. The summed E-state index contributed by atoms with van der Waals surface area (Å²) in [5.74, 6) is -1.19. The summed E-state index contributed by atoms with van der Waals surface area (Å²) in [4.78, 5) is 24.9. The summed E-state index contributed by atoms with van der Waals surface area (Å²) < 4.78 is 5.60. The van der Waals surface area contributed by atoms with Crippen LogP contribution in [0.1, 0.15) is 19.8 Å². The highest BCUT2D eigenvalue weighted by atomic mass is 16.5. The molecule has 7 heteroatoms. The topological polar surface area (TPSA) is 82.4 Å². The lowest BCUT2D eigenvalue weighted by Gasteiger charge is -2.34. The maximum atomic E-state index is 11.7. The minimum absolute atomic E-state index is 0.0442. The molecule has 19 heavy (non-hydrogen) atoms. The van der Waals surface area contributed by atoms with Crippen LogP contribution in [0.5, 0.6) is 0 Å². The summed E-state index contributed by atoms with van der Waals surface area (Å²) in [7, 11) is 0. The fourth-order valence-corrected chi connectivity index (χ4v) is 2.27. The fraction of sp³-hybridized carbons (Fsp3) is 0.750. The molecule has 0 aliphatic carbocycles. The molecule has 1 atom stereocenters. The second-order valence-corrected chi connectivity index (χ2v) is 4.71. The summed E-state index contributed by atoms with van der Waals surface area (Å²) in [5.41, 5.74) is 0.0442. The van der Waals surface area contributed by atoms with E-state index in [2.05, 4.69) is 16.9 Å². The van der Waals surface area contributed by atoms with Gasteiger partial charge in [-0.25, -0.2) is 9.80 Å². The van der Waals surface area contributed by atoms with E-state index in [1.54, 1.807) is 0 Å². The molecular weight excluding hydrogens is 250 g/mol. The first-order valence-electron chi connectivity index (χ1n) is 6.55. The van der Waals surface area contributed by atoms with E-state index in [4.69, 9.17) is 9.84 Å². The van der Waals surface area contributed by atoms with E-state index >= 15 is 0 Å². The van der Waals surface area contributed by atoms with E-state index in [-0.39, 0.29) is 30.6 Å². The maximum Gasteiger partial charge on any atom is 0.352 e. The lowest BCUT2D eigenvalue weighted by molar-refractivity contribution is -0.136. The van der Waals surface area contributed by atoms with Crippen molar-refractivity contribution in [3.05, 3.63) is 0 Å². The van der Waals surface area contributed by atoms with Crippen molar-refractivity contribution in [2.45, 2.75) is 25.9 Å². The van der Waals surface area contributed by atoms with Crippen LogP contribution < -0.4 is 0 Å². The zero-order chi connectivity index (χ0) is 13.8. The van der Waals surface area contributed by atoms with Gasteiger partial charge in [0.1, 0.15) is 5.71 Å². The van der Waals surface area contributed by atoms with E-state index < -0.39 is 5.97 Å². The molecule has 1 saturated heterocycles. The van der Waals surface area contributed by atoms with Crippen LogP contribution in [0.3, 0.4) is 0 Å². The van der Waals surface area contributed by atoms with Gasteiger partial charge in [0.2, 0.25) is 5.91 Å². The Hall–Kier alpha value is -1.47. The number of carboxylic acid groups (broad SMARTS) is 1. The minimum atomic E-state index is -1.06. The molecule has 2 aliphatic rings. The molecule has 0 aromatic heterocycles. The Morgan fingerprint density at radius 2 is 2.32 bits per heavy atom. The van der Waals surface area contributed by atoms with Gasteiger partial charge >= 0.3 is 5.97 Å². The van der Waals surface area contributed by atoms with E-state index in [0.717, 1.165) is 19.6 Å². The average Bonchev–Trinajstić information content (AvgIpc) is 2.41. The second kappa shape index (κ2) is 6.12. The first-order valence-corrected chi connectivity index (χ1v) is 6.55. The molecule has 1 fully saturated rings. The van der Waals surface area contributed by atoms with Crippen LogP contribution in [0, 0.1) is 0 Å². The first kappa shape index (κ1) is 14.0. The summed E-state index contributed by atoms with van der Waals surface area (Å²) >= 11 is 0. The van der Waals surface area contributed by atoms with Crippen LogP contribution in [0.25, 0.3) is 0 Å². The molecule has 1 amide bonds. The van der Waals surface area contributed by atoms with Gasteiger partial charge in [-0.2, -0.15) is 5.10 Å². The fourth-order valence-electron chi connectivity index (χ4n) is 2.27. The van der Waals surface area contributed by atoms with E-state index in [1.165, 1.54) is 5.01 Å². The Labute approximate surface area is 111 Å². The Morgan fingerprint density at radius 3 is 3.00 bits per heavy atom. The second-order valence-electron chi connectivity index (χ2n) is 4.71. The third-order valence-electron chi connectivity index (χ3n) is 3.40. The average molecular weight is 269 g/mol. The van der Waals surface area contributed by atoms with Crippen LogP contribution in [-0.2, 0) is 14.3 Å². The number of hydrazone groups is 1. The molecule has 1 N–H and O–H groups in total. The van der Waals surface area contributed by atoms with Crippen molar-refractivity contribution in [3.63, 3.8) is 0 Å². The predicted molar refractivity (Wildman–Crippen MR) is 67.9 cm³/mol. The number of carbonyl (C=O) groups excluding carboxylic acids is 1. The Bertz CT molecular complexity index is 396. The number of carbonyl (C=O) groups is 2. The molecule has 0 aromatic rings. The largest absolute Gasteiger partial charge is 0.477 e. The van der Waals surface area contributed by atoms with Gasteiger partial charge in [-0.05, 0) is 6.54 Å². The lowest BCUT2D eigenvalue weighted by Crippen LogP contribution is -2.48. The number of likely N-dealkylation sites (N-methyl/N-ethyl adjacent to an activating group) is 1. The number of nitrogens with zero attached hydrogens (tertiary/aromatic N) is 3. The van der Waals surface area contributed by atoms with E-state index in [0.29, 0.717) is 13.2 Å². The Balaban J connectivity index is 1.98. The first-order chi connectivity index (χ1) is 9.10. The summed E-state index contributed by atoms with van der Waals surface area (Å²) in [6.45, 7) is 5.62. The molecule has 1 unspecified atom stereocenters. The smallest absolute Gasteiger partial charge is 0.352 e. The third kappa shape index (κ3) is 3.51. The number of ether oxygens (including phenoxy) is 1. The van der Waals surface area contributed by atoms with Crippen molar-refractivity contribution >= 4 is 17.6 Å². The Morgan fingerprint density at radius 1 is 1.53 bits per heavy atom. The van der Waals surface area contributed by atoms with Crippen molar-refractivity contribution in [2.75, 3.05) is 32.8 Å². The van der Waals surface area contributed by atoms with Crippen LogP contribution in [0.4, 0.5) is 0 Å². The van der Waals surface area contributed by atoms with Crippen molar-refractivity contribution in [1.82, 2.24) is 9.91 Å². The summed E-state index contributed by atoms with van der Waals surface area (Å²) in [6.07, 6.45) is 0.307. The molecule has 0 radical (unpaired) electrons. The van der Waals surface area contributed by atoms with Gasteiger partial charge < -0.3 is 9.84 Å². The molecule has 2 heterocycles. The van der Waals surface area contributed by atoms with Gasteiger partial charge in [0.15, 0.2) is 0 Å². The standard InChI is InChI=1S/C12H19N3O4/c1-2-14-5-6-19-9(7-14)8-15-11(16)4-3-10(13-15)12(17)18/h9H,2-8H2,1H3,(H,17,18). The van der Waals surface area contributed by atoms with Gasteiger partial charge in [-0.1, -0.05) is 6.92 Å². The molecule has 2 aliphatic heterocycles. The molecular formula is C12H19N3O4. The zero-order valence-electron chi connectivity index (χ0n) is 11.0. The van der Waals surface area contributed by atoms with Gasteiger partial charge in [0.25, 0.3) is 0 Å². The van der Waals surface area contributed by atoms with Crippen molar-refractivity contribution in [3.8, 4) is 0 Å². The number of hydrogen-bond acceptors (Lipinski definition) is 5. The molecule has 0 spiro atoms. The van der Waals surface area contributed by atoms with Crippen molar-refractivity contribution in [2.24, 2.45) is 5.10 Å². The number of hydrogen-bond donors (Lipinski definition) is 1. The van der Waals surface area contributed by atoms with Crippen LogP contribution in [-0.4, -0.2) is 71.5 Å². The number of aliphatic carboxylic acids is 1. The SMILES string of the molecule is CCN1CCOC(CN2N=C(C(=O)O)CCC2=O)C1. The predicted octanol–water partition coefficient (Wildman–Crippen LogP) is -0.230. The lowest BCUT2D eigenvalue weighted by atomic mass is 10.1. The highest BCUT2D eigenvalue weighted by Crippen LogP contribution is 2.13. The van der Waals surface area contributed by atoms with E-state index in [1.807, 2.05) is 0 Å². The molecule has 0 aromatic carbocycles. The van der Waals surface area contributed by atoms with Gasteiger partial charge in [0, 0.05) is 25.9 Å². The number of morpholine rings is 1. The van der Waals surface area contributed by atoms with Gasteiger partial charge in [0.05, 0.1) is 19.3 Å². The van der Waals surface area contributed by atoms with Crippen LogP contribution >= 0.6 is 0 Å². The highest BCUT2D eigenvalue weighted by molar-refractivity contribution is 6.36. The zero-order valence-corrected chi connectivity index (χ0v) is 11.0. The maximum absolute atomic E-state index is 11.7. The van der Waals surface area contributed by atoms with Crippen LogP contribution in [0.15, 0.2) is 5.10 Å². The van der Waals surface area contributed by atoms with Crippen molar-refractivity contribution in [1.29, 1.82) is 0 Å². The highest BCUT2D eigenvalue weighted by Gasteiger charge is 2.28. The van der Waals surface area contributed by atoms with E-state index in [9.17, 15) is 9.59 Å². The molecule has 7 nitrogen and oxygen atoms in total. The quantitative estimate of drug-likeness (QED) is 0.762. The number of carboxylic acids is 1. The number of rotatable bonds is 4. The summed E-state index contributed by atoms with van der Waals surface area (Å²) in [6, 6.07) is 0. The normalized spacial score (nSPS) is 25.3. The van der Waals surface area contributed by atoms with Gasteiger partial charge in [-0.15, -0.1) is 0 Å². The van der Waals surface area contributed by atoms with Gasteiger partial charge in [-0.3, -0.25) is 9.69 Å². The molecule has 0 bridgehead atoms. The van der Waals surface area contributed by atoms with Crippen LogP contribution in [0.2, 0.25) is 0 Å². The minimum Gasteiger partial charge on any atom is -0.477 e. The summed E-state index contributed by atoms with van der Waals surface area (Å²) in [5, 5.41) is 14.1. The molecule has 2 rings (SSSR count). The number of amides is 1. The molecule has 106 valence electrons. The third-order valence-corrected chi connectivity index (χ3v) is 3.40. The Kier molecular flexibility index (Phi) is 4.49. The van der Waals surface area contributed by atoms with Crippen molar-refractivity contribution < 1.29 is 19.4 Å².